The molecule has 0 fully saturated rings. The summed E-state index contributed by atoms with van der Waals surface area (Å²) in [5.74, 6) is 1.27. The molecule has 15 heavy (non-hydrogen) atoms. The van der Waals surface area contributed by atoms with Gasteiger partial charge in [0.05, 0.1) is 26.9 Å². The van der Waals surface area contributed by atoms with E-state index in [2.05, 4.69) is 0 Å². The Kier molecular flexibility index (Phi) is 6.08. The van der Waals surface area contributed by atoms with E-state index < -0.39 is 0 Å². The molecule has 1 atom stereocenters. The minimum Gasteiger partial charge on any atom is -0.493 e. The van der Waals surface area contributed by atoms with Crippen LogP contribution in [0.15, 0.2) is 18.2 Å². The molecule has 0 heterocycles. The molecule has 0 saturated carbocycles. The van der Waals surface area contributed by atoms with E-state index in [0.717, 1.165) is 5.56 Å². The van der Waals surface area contributed by atoms with Gasteiger partial charge in [-0.1, -0.05) is 6.07 Å². The maximum Gasteiger partial charge on any atom is 0.161 e. The van der Waals surface area contributed by atoms with Crippen molar-refractivity contribution in [1.29, 1.82) is 0 Å². The minimum atomic E-state index is -0.380. The third-order valence-electron chi connectivity index (χ3n) is 2.03. The van der Waals surface area contributed by atoms with Crippen molar-refractivity contribution in [3.05, 3.63) is 23.8 Å². The lowest BCUT2D eigenvalue weighted by atomic mass is 10.1. The monoisotopic (exact) mass is 233 g/mol. The second-order valence-electron chi connectivity index (χ2n) is 2.90. The summed E-state index contributed by atoms with van der Waals surface area (Å²) in [4.78, 5) is 0. The third kappa shape index (κ3) is 3.27. The summed E-state index contributed by atoms with van der Waals surface area (Å²) < 4.78 is 10.2. The predicted molar refractivity (Wildman–Crippen MR) is 60.8 cm³/mol. The quantitative estimate of drug-likeness (QED) is 0.818. The molecule has 1 rings (SSSR count). The van der Waals surface area contributed by atoms with Crippen LogP contribution in [0.4, 0.5) is 0 Å². The average molecular weight is 234 g/mol. The molecule has 0 saturated heterocycles. The fourth-order valence-electron chi connectivity index (χ4n) is 1.19. The molecule has 0 amide bonds. The van der Waals surface area contributed by atoms with Gasteiger partial charge in [0.1, 0.15) is 0 Å². The SMILES string of the molecule is COc1ccc(C(N)CO)cc1OC.Cl. The van der Waals surface area contributed by atoms with Crippen molar-refractivity contribution in [3.8, 4) is 11.5 Å². The molecule has 3 N–H and O–H groups in total. The van der Waals surface area contributed by atoms with Crippen LogP contribution >= 0.6 is 12.4 Å². The van der Waals surface area contributed by atoms with Crippen LogP contribution < -0.4 is 15.2 Å². The van der Waals surface area contributed by atoms with Gasteiger partial charge in [-0.15, -0.1) is 12.4 Å². The van der Waals surface area contributed by atoms with E-state index in [9.17, 15) is 0 Å². The van der Waals surface area contributed by atoms with E-state index in [1.54, 1.807) is 26.4 Å². The zero-order chi connectivity index (χ0) is 10.6. The van der Waals surface area contributed by atoms with Crippen LogP contribution in [0.2, 0.25) is 0 Å². The standard InChI is InChI=1S/C10H15NO3.ClH/c1-13-9-4-3-7(8(11)6-12)5-10(9)14-2;/h3-5,8,12H,6,11H2,1-2H3;1H. The molecule has 0 bridgehead atoms. The highest BCUT2D eigenvalue weighted by Gasteiger charge is 2.09. The number of nitrogens with two attached hydrogens (primary N) is 1. The number of benzene rings is 1. The summed E-state index contributed by atoms with van der Waals surface area (Å²) in [7, 11) is 3.13. The molecule has 5 heteroatoms. The van der Waals surface area contributed by atoms with Crippen molar-refractivity contribution in [2.45, 2.75) is 6.04 Å². The Morgan fingerprint density at radius 2 is 1.87 bits per heavy atom. The third-order valence-corrected chi connectivity index (χ3v) is 2.03. The van der Waals surface area contributed by atoms with Crippen molar-refractivity contribution < 1.29 is 14.6 Å². The Bertz CT molecular complexity index is 307. The van der Waals surface area contributed by atoms with Crippen molar-refractivity contribution >= 4 is 12.4 Å². The summed E-state index contributed by atoms with van der Waals surface area (Å²) in [5.41, 5.74) is 6.49. The molecule has 4 nitrogen and oxygen atoms in total. The lowest BCUT2D eigenvalue weighted by Gasteiger charge is -2.12. The van der Waals surface area contributed by atoms with Crippen LogP contribution in [0.3, 0.4) is 0 Å². The highest BCUT2D eigenvalue weighted by Crippen LogP contribution is 2.29. The van der Waals surface area contributed by atoms with Gasteiger partial charge in [0, 0.05) is 0 Å². The first kappa shape index (κ1) is 14.0. The van der Waals surface area contributed by atoms with Gasteiger partial charge in [-0.25, -0.2) is 0 Å². The fraction of sp³-hybridized carbons (Fsp3) is 0.400. The molecule has 0 aliphatic carbocycles. The lowest BCUT2D eigenvalue weighted by Crippen LogP contribution is -2.14. The summed E-state index contributed by atoms with van der Waals surface area (Å²) >= 11 is 0. The molecule has 1 aromatic carbocycles. The largest absolute Gasteiger partial charge is 0.493 e. The Morgan fingerprint density at radius 3 is 2.33 bits per heavy atom. The van der Waals surface area contributed by atoms with Gasteiger partial charge in [0.2, 0.25) is 0 Å². The highest BCUT2D eigenvalue weighted by atomic mass is 35.5. The molecule has 0 aliphatic rings. The van der Waals surface area contributed by atoms with Gasteiger partial charge in [-0.3, -0.25) is 0 Å². The Morgan fingerprint density at radius 1 is 1.27 bits per heavy atom. The maximum absolute atomic E-state index is 8.88. The van der Waals surface area contributed by atoms with Crippen LogP contribution in [0.5, 0.6) is 11.5 Å². The van der Waals surface area contributed by atoms with E-state index >= 15 is 0 Å². The van der Waals surface area contributed by atoms with Gasteiger partial charge in [0.25, 0.3) is 0 Å². The number of halogens is 1. The number of aliphatic hydroxyl groups is 1. The number of ether oxygens (including phenoxy) is 2. The Hall–Kier alpha value is -0.970. The van der Waals surface area contributed by atoms with Crippen LogP contribution in [0, 0.1) is 0 Å². The summed E-state index contributed by atoms with van der Waals surface area (Å²) in [5, 5.41) is 8.88. The Balaban J connectivity index is 0.00000196. The van der Waals surface area contributed by atoms with Crippen molar-refractivity contribution in [2.24, 2.45) is 5.73 Å². The number of aliphatic hydroxyl groups excluding tert-OH is 1. The number of methoxy groups -OCH3 is 2. The second kappa shape index (κ2) is 6.50. The number of rotatable bonds is 4. The van der Waals surface area contributed by atoms with E-state index in [1.165, 1.54) is 0 Å². The van der Waals surface area contributed by atoms with Crippen molar-refractivity contribution in [3.63, 3.8) is 0 Å². The molecule has 0 aromatic heterocycles. The van der Waals surface area contributed by atoms with Crippen LogP contribution in [0.25, 0.3) is 0 Å². The molecular weight excluding hydrogens is 218 g/mol. The molecule has 0 aliphatic heterocycles. The first-order valence-corrected chi connectivity index (χ1v) is 4.31. The molecular formula is C10H16ClNO3. The van der Waals surface area contributed by atoms with E-state index in [4.69, 9.17) is 20.3 Å². The summed E-state index contributed by atoms with van der Waals surface area (Å²) in [6.07, 6.45) is 0. The fourth-order valence-corrected chi connectivity index (χ4v) is 1.19. The van der Waals surface area contributed by atoms with Gasteiger partial charge in [-0.2, -0.15) is 0 Å². The maximum atomic E-state index is 8.88. The molecule has 0 radical (unpaired) electrons. The Labute approximate surface area is 95.4 Å². The van der Waals surface area contributed by atoms with Crippen molar-refractivity contribution in [1.82, 2.24) is 0 Å². The normalized spacial score (nSPS) is 11.5. The number of hydrogen-bond acceptors (Lipinski definition) is 4. The van der Waals surface area contributed by atoms with Gasteiger partial charge in [0.15, 0.2) is 11.5 Å². The average Bonchev–Trinajstić information content (AvgIpc) is 2.26. The van der Waals surface area contributed by atoms with Crippen LogP contribution in [0.1, 0.15) is 11.6 Å². The van der Waals surface area contributed by atoms with Crippen LogP contribution in [-0.4, -0.2) is 25.9 Å². The van der Waals surface area contributed by atoms with E-state index in [-0.39, 0.29) is 25.1 Å². The summed E-state index contributed by atoms with van der Waals surface area (Å²) in [6.45, 7) is -0.0878. The molecule has 1 aromatic rings. The molecule has 1 unspecified atom stereocenters. The minimum absolute atomic E-state index is 0. The summed E-state index contributed by atoms with van der Waals surface area (Å²) in [6, 6.07) is 4.96. The molecule has 86 valence electrons. The second-order valence-corrected chi connectivity index (χ2v) is 2.90. The lowest BCUT2D eigenvalue weighted by molar-refractivity contribution is 0.267. The first-order chi connectivity index (χ1) is 6.72. The predicted octanol–water partition coefficient (Wildman–Crippen LogP) is 1.12. The zero-order valence-electron chi connectivity index (χ0n) is 8.77. The van der Waals surface area contributed by atoms with E-state index in [1.807, 2.05) is 6.07 Å². The van der Waals surface area contributed by atoms with Gasteiger partial charge in [-0.05, 0) is 17.7 Å². The topological polar surface area (TPSA) is 64.7 Å². The van der Waals surface area contributed by atoms with Gasteiger partial charge < -0.3 is 20.3 Å². The molecule has 0 spiro atoms. The zero-order valence-corrected chi connectivity index (χ0v) is 9.58. The van der Waals surface area contributed by atoms with Crippen LogP contribution in [-0.2, 0) is 0 Å². The smallest absolute Gasteiger partial charge is 0.161 e. The highest BCUT2D eigenvalue weighted by molar-refractivity contribution is 5.85. The van der Waals surface area contributed by atoms with E-state index in [0.29, 0.717) is 11.5 Å². The number of hydrogen-bond donors (Lipinski definition) is 2. The van der Waals surface area contributed by atoms with Crippen molar-refractivity contribution in [2.75, 3.05) is 20.8 Å². The van der Waals surface area contributed by atoms with Gasteiger partial charge >= 0.3 is 0 Å². The first-order valence-electron chi connectivity index (χ1n) is 4.31.